The van der Waals surface area contributed by atoms with E-state index in [0.717, 1.165) is 0 Å². The van der Waals surface area contributed by atoms with Crippen LogP contribution in [0.2, 0.25) is 0 Å². The highest BCUT2D eigenvalue weighted by Crippen LogP contribution is 2.25. The van der Waals surface area contributed by atoms with Gasteiger partial charge in [-0.3, -0.25) is 4.79 Å². The molecular weight excluding hydrogens is 214 g/mol. The van der Waals surface area contributed by atoms with Gasteiger partial charge in [0.05, 0.1) is 13.2 Å². The normalized spacial score (nSPS) is 18.2. The number of aromatic nitrogens is 1. The van der Waals surface area contributed by atoms with Gasteiger partial charge in [0.15, 0.2) is 5.13 Å². The number of amides is 1. The summed E-state index contributed by atoms with van der Waals surface area (Å²) < 4.78 is 5.10. The predicted molar refractivity (Wildman–Crippen MR) is 57.8 cm³/mol. The molecule has 0 radical (unpaired) electrons. The van der Waals surface area contributed by atoms with E-state index in [9.17, 15) is 4.79 Å². The zero-order valence-corrected chi connectivity index (χ0v) is 9.26. The first-order valence-electron chi connectivity index (χ1n) is 4.66. The van der Waals surface area contributed by atoms with Crippen molar-refractivity contribution in [1.29, 1.82) is 0 Å². The zero-order chi connectivity index (χ0) is 10.9. The average molecular weight is 227 g/mol. The number of carbonyl (C=O) groups is 1. The Balaban J connectivity index is 1.87. The molecule has 6 heteroatoms. The summed E-state index contributed by atoms with van der Waals surface area (Å²) in [5.74, 6) is -0.170. The Labute approximate surface area is 91.6 Å². The van der Waals surface area contributed by atoms with E-state index in [2.05, 4.69) is 17.2 Å². The predicted octanol–water partition coefficient (Wildman–Crippen LogP) is 0.492. The molecule has 0 aliphatic carbocycles. The number of nitrogens with zero attached hydrogens (tertiary/aromatic N) is 1. The SMILES string of the molecule is CC1(CNC(=O)c2csc(N)n2)COC1. The van der Waals surface area contributed by atoms with Crippen LogP contribution < -0.4 is 11.1 Å². The van der Waals surface area contributed by atoms with Gasteiger partial charge in [-0.1, -0.05) is 6.92 Å². The van der Waals surface area contributed by atoms with Gasteiger partial charge in [0, 0.05) is 17.3 Å². The van der Waals surface area contributed by atoms with Gasteiger partial charge < -0.3 is 15.8 Å². The van der Waals surface area contributed by atoms with Gasteiger partial charge in [0.25, 0.3) is 5.91 Å². The number of ether oxygens (including phenoxy) is 1. The lowest BCUT2D eigenvalue weighted by Crippen LogP contribution is -2.48. The lowest BCUT2D eigenvalue weighted by molar-refractivity contribution is -0.0978. The second kappa shape index (κ2) is 3.79. The average Bonchev–Trinajstić information content (AvgIpc) is 2.58. The van der Waals surface area contributed by atoms with Crippen molar-refractivity contribution >= 4 is 22.4 Å². The Kier molecular flexibility index (Phi) is 2.62. The highest BCUT2D eigenvalue weighted by molar-refractivity contribution is 7.13. The largest absolute Gasteiger partial charge is 0.380 e. The minimum absolute atomic E-state index is 0.0806. The van der Waals surface area contributed by atoms with Crippen LogP contribution in [0.25, 0.3) is 0 Å². The van der Waals surface area contributed by atoms with E-state index in [1.54, 1.807) is 5.38 Å². The van der Waals surface area contributed by atoms with E-state index >= 15 is 0 Å². The molecule has 0 bridgehead atoms. The molecule has 5 nitrogen and oxygen atoms in total. The van der Waals surface area contributed by atoms with Crippen LogP contribution in [0.4, 0.5) is 5.13 Å². The maximum absolute atomic E-state index is 11.6. The van der Waals surface area contributed by atoms with Crippen molar-refractivity contribution < 1.29 is 9.53 Å². The van der Waals surface area contributed by atoms with Gasteiger partial charge >= 0.3 is 0 Å². The zero-order valence-electron chi connectivity index (χ0n) is 8.45. The van der Waals surface area contributed by atoms with E-state index in [-0.39, 0.29) is 11.3 Å². The number of hydrogen-bond acceptors (Lipinski definition) is 5. The molecule has 3 N–H and O–H groups in total. The van der Waals surface area contributed by atoms with E-state index in [1.165, 1.54) is 11.3 Å². The van der Waals surface area contributed by atoms with Crippen molar-refractivity contribution in [1.82, 2.24) is 10.3 Å². The van der Waals surface area contributed by atoms with Gasteiger partial charge in [-0.05, 0) is 0 Å². The summed E-state index contributed by atoms with van der Waals surface area (Å²) >= 11 is 1.27. The molecule has 2 heterocycles. The van der Waals surface area contributed by atoms with Crippen LogP contribution in [0.15, 0.2) is 5.38 Å². The summed E-state index contributed by atoms with van der Waals surface area (Å²) in [6, 6.07) is 0. The number of nitrogens with two attached hydrogens (primary N) is 1. The first kappa shape index (κ1) is 10.4. The second-order valence-corrected chi connectivity index (χ2v) is 4.95. The van der Waals surface area contributed by atoms with Crippen LogP contribution in [-0.2, 0) is 4.74 Å². The topological polar surface area (TPSA) is 77.2 Å². The maximum atomic E-state index is 11.6. The fourth-order valence-electron chi connectivity index (χ4n) is 1.33. The molecule has 1 saturated heterocycles. The molecule has 1 amide bonds. The number of thiazole rings is 1. The number of carbonyl (C=O) groups excluding carboxylic acids is 1. The third-order valence-corrected chi connectivity index (χ3v) is 3.01. The first-order chi connectivity index (χ1) is 7.09. The molecule has 1 aromatic heterocycles. The number of nitrogens with one attached hydrogen (secondary N) is 1. The van der Waals surface area contributed by atoms with Crippen molar-refractivity contribution in [3.05, 3.63) is 11.1 Å². The Bertz CT molecular complexity index is 373. The van der Waals surface area contributed by atoms with Gasteiger partial charge in [0.1, 0.15) is 5.69 Å². The molecule has 1 fully saturated rings. The lowest BCUT2D eigenvalue weighted by Gasteiger charge is -2.37. The summed E-state index contributed by atoms with van der Waals surface area (Å²) in [6.07, 6.45) is 0. The smallest absolute Gasteiger partial charge is 0.270 e. The summed E-state index contributed by atoms with van der Waals surface area (Å²) in [5.41, 5.74) is 5.91. The quantitative estimate of drug-likeness (QED) is 0.788. The van der Waals surface area contributed by atoms with E-state index < -0.39 is 0 Å². The first-order valence-corrected chi connectivity index (χ1v) is 5.54. The van der Waals surface area contributed by atoms with Crippen molar-refractivity contribution in [3.63, 3.8) is 0 Å². The Morgan fingerprint density at radius 1 is 1.80 bits per heavy atom. The van der Waals surface area contributed by atoms with Gasteiger partial charge in [-0.15, -0.1) is 11.3 Å². The van der Waals surface area contributed by atoms with Crippen molar-refractivity contribution in [2.45, 2.75) is 6.92 Å². The van der Waals surface area contributed by atoms with Crippen LogP contribution in [-0.4, -0.2) is 30.6 Å². The Morgan fingerprint density at radius 3 is 3.00 bits per heavy atom. The van der Waals surface area contributed by atoms with E-state index in [0.29, 0.717) is 30.6 Å². The number of nitrogen functional groups attached to an aromatic ring is 1. The minimum atomic E-state index is -0.170. The number of hydrogen-bond donors (Lipinski definition) is 2. The highest BCUT2D eigenvalue weighted by Gasteiger charge is 2.33. The van der Waals surface area contributed by atoms with Gasteiger partial charge in [0.2, 0.25) is 0 Å². The fraction of sp³-hybridized carbons (Fsp3) is 0.556. The molecule has 0 spiro atoms. The molecule has 0 unspecified atom stereocenters. The molecular formula is C9H13N3O2S. The summed E-state index contributed by atoms with van der Waals surface area (Å²) in [7, 11) is 0. The molecule has 0 saturated carbocycles. The molecule has 1 aromatic rings. The van der Waals surface area contributed by atoms with Crippen molar-refractivity contribution in [2.75, 3.05) is 25.5 Å². The summed E-state index contributed by atoms with van der Waals surface area (Å²) in [5, 5.41) is 4.90. The van der Waals surface area contributed by atoms with Crippen LogP contribution in [0, 0.1) is 5.41 Å². The Morgan fingerprint density at radius 2 is 2.53 bits per heavy atom. The Hall–Kier alpha value is -1.14. The van der Waals surface area contributed by atoms with Gasteiger partial charge in [-0.25, -0.2) is 4.98 Å². The van der Waals surface area contributed by atoms with E-state index in [1.807, 2.05) is 0 Å². The van der Waals surface area contributed by atoms with Crippen LogP contribution in [0.3, 0.4) is 0 Å². The minimum Gasteiger partial charge on any atom is -0.380 e. The fourth-order valence-corrected chi connectivity index (χ4v) is 1.87. The monoisotopic (exact) mass is 227 g/mol. The van der Waals surface area contributed by atoms with Crippen LogP contribution in [0.5, 0.6) is 0 Å². The highest BCUT2D eigenvalue weighted by atomic mass is 32.1. The van der Waals surface area contributed by atoms with Crippen molar-refractivity contribution in [2.24, 2.45) is 5.41 Å². The summed E-state index contributed by atoms with van der Waals surface area (Å²) in [4.78, 5) is 15.5. The number of anilines is 1. The molecule has 1 aliphatic rings. The second-order valence-electron chi connectivity index (χ2n) is 4.06. The van der Waals surface area contributed by atoms with Crippen LogP contribution >= 0.6 is 11.3 Å². The summed E-state index contributed by atoms with van der Waals surface area (Å²) in [6.45, 7) is 4.09. The molecule has 1 aliphatic heterocycles. The van der Waals surface area contributed by atoms with E-state index in [4.69, 9.17) is 10.5 Å². The molecule has 2 rings (SSSR count). The molecule has 0 aromatic carbocycles. The molecule has 0 atom stereocenters. The molecule has 15 heavy (non-hydrogen) atoms. The lowest BCUT2D eigenvalue weighted by atomic mass is 9.89. The third kappa shape index (κ3) is 2.27. The molecule has 82 valence electrons. The maximum Gasteiger partial charge on any atom is 0.270 e. The standard InChI is InChI=1S/C9H13N3O2S/c1-9(4-14-5-9)3-11-7(13)6-2-15-8(10)12-6/h2H,3-5H2,1H3,(H2,10,12)(H,11,13). The van der Waals surface area contributed by atoms with Crippen molar-refractivity contribution in [3.8, 4) is 0 Å². The van der Waals surface area contributed by atoms with Gasteiger partial charge in [-0.2, -0.15) is 0 Å². The number of rotatable bonds is 3. The van der Waals surface area contributed by atoms with Crippen LogP contribution in [0.1, 0.15) is 17.4 Å². The third-order valence-electron chi connectivity index (χ3n) is 2.33.